The summed E-state index contributed by atoms with van der Waals surface area (Å²) < 4.78 is 37.5. The highest BCUT2D eigenvalue weighted by atomic mass is 127. The first-order valence-corrected chi connectivity index (χ1v) is 9.00. The maximum Gasteiger partial charge on any atom is 0.401 e. The van der Waals surface area contributed by atoms with E-state index in [9.17, 15) is 18.0 Å². The van der Waals surface area contributed by atoms with Crippen LogP contribution >= 0.6 is 24.0 Å². The van der Waals surface area contributed by atoms with Crippen molar-refractivity contribution in [1.29, 1.82) is 0 Å². The van der Waals surface area contributed by atoms with E-state index in [0.717, 1.165) is 17.7 Å². The predicted octanol–water partition coefficient (Wildman–Crippen LogP) is 2.00. The van der Waals surface area contributed by atoms with Gasteiger partial charge in [0.25, 0.3) is 0 Å². The Morgan fingerprint density at radius 1 is 1.29 bits per heavy atom. The van der Waals surface area contributed by atoms with Gasteiger partial charge in [0.2, 0.25) is 5.91 Å². The van der Waals surface area contributed by atoms with E-state index < -0.39 is 12.7 Å². The van der Waals surface area contributed by atoms with Crippen LogP contribution in [0.3, 0.4) is 0 Å². The average Bonchev–Trinajstić information content (AvgIpc) is 3.23. The molecule has 2 heterocycles. The Kier molecular flexibility index (Phi) is 7.93. The fourth-order valence-corrected chi connectivity index (χ4v) is 3.59. The van der Waals surface area contributed by atoms with Crippen LogP contribution in [0.2, 0.25) is 0 Å². The third kappa shape index (κ3) is 5.97. The molecule has 0 radical (unpaired) electrons. The molecule has 0 spiro atoms. The highest BCUT2D eigenvalue weighted by molar-refractivity contribution is 14.0. The van der Waals surface area contributed by atoms with Crippen molar-refractivity contribution in [2.75, 3.05) is 44.7 Å². The molecule has 1 fully saturated rings. The van der Waals surface area contributed by atoms with Crippen LogP contribution in [0, 0.1) is 0 Å². The minimum atomic E-state index is -4.19. The zero-order valence-corrected chi connectivity index (χ0v) is 18.0. The first-order valence-electron chi connectivity index (χ1n) is 9.00. The van der Waals surface area contributed by atoms with Crippen LogP contribution in [0.4, 0.5) is 18.9 Å². The largest absolute Gasteiger partial charge is 0.401 e. The maximum absolute atomic E-state index is 12.5. The third-order valence-corrected chi connectivity index (χ3v) is 4.83. The molecule has 1 saturated heterocycles. The van der Waals surface area contributed by atoms with Crippen molar-refractivity contribution in [2.24, 2.45) is 4.99 Å². The predicted molar refractivity (Wildman–Crippen MR) is 113 cm³/mol. The number of nitrogens with one attached hydrogen (secondary N) is 2. The molecule has 10 heteroatoms. The second kappa shape index (κ2) is 9.77. The fourth-order valence-electron chi connectivity index (χ4n) is 3.59. The van der Waals surface area contributed by atoms with Gasteiger partial charge < -0.3 is 15.5 Å². The van der Waals surface area contributed by atoms with Crippen LogP contribution in [0.25, 0.3) is 0 Å². The zero-order chi connectivity index (χ0) is 19.4. The van der Waals surface area contributed by atoms with Crippen LogP contribution < -0.4 is 15.5 Å². The molecule has 28 heavy (non-hydrogen) atoms. The Balaban J connectivity index is 0.00000280. The highest BCUT2D eigenvalue weighted by Crippen LogP contribution is 2.27. The normalized spacial score (nSPS) is 19.9. The molecule has 3 rings (SSSR count). The van der Waals surface area contributed by atoms with Gasteiger partial charge in [-0.3, -0.25) is 14.7 Å². The molecule has 1 aromatic carbocycles. The molecular weight excluding hydrogens is 486 g/mol. The zero-order valence-electron chi connectivity index (χ0n) is 15.6. The smallest absolute Gasteiger partial charge is 0.352 e. The van der Waals surface area contributed by atoms with Gasteiger partial charge in [0, 0.05) is 38.4 Å². The minimum absolute atomic E-state index is 0. The van der Waals surface area contributed by atoms with Crippen LogP contribution in [-0.4, -0.2) is 68.8 Å². The number of alkyl halides is 3. The lowest BCUT2D eigenvalue weighted by Gasteiger charge is -2.21. The molecule has 1 amide bonds. The van der Waals surface area contributed by atoms with Crippen molar-refractivity contribution in [3.05, 3.63) is 29.8 Å². The number of carbonyl (C=O) groups is 1. The Hall–Kier alpha value is -1.56. The van der Waals surface area contributed by atoms with Gasteiger partial charge in [-0.15, -0.1) is 24.0 Å². The number of rotatable bonds is 4. The molecule has 2 aliphatic rings. The average molecular weight is 511 g/mol. The quantitative estimate of drug-likeness (QED) is 0.369. The first-order chi connectivity index (χ1) is 12.9. The molecular formula is C18H25F3IN5O. The standard InChI is InChI=1S/C18H24F3N5O.HI/c1-22-17(24-14-7-8-25(11-14)12-18(19,20)21)23-10-16(27)26-9-6-13-4-2-3-5-15(13)26;/h2-5,14H,6-12H2,1H3,(H2,22,23,24);1H. The van der Waals surface area contributed by atoms with Crippen LogP contribution in [0.15, 0.2) is 29.3 Å². The number of anilines is 1. The van der Waals surface area contributed by atoms with E-state index in [1.165, 1.54) is 4.90 Å². The van der Waals surface area contributed by atoms with Gasteiger partial charge in [-0.1, -0.05) is 18.2 Å². The number of para-hydroxylation sites is 1. The summed E-state index contributed by atoms with van der Waals surface area (Å²) in [6.07, 6.45) is -2.75. The molecule has 0 aromatic heterocycles. The number of guanidine groups is 1. The summed E-state index contributed by atoms with van der Waals surface area (Å²) in [6.45, 7) is 0.517. The molecule has 1 aromatic rings. The van der Waals surface area contributed by atoms with Crippen molar-refractivity contribution < 1.29 is 18.0 Å². The Bertz CT molecular complexity index is 713. The molecule has 2 aliphatic heterocycles. The molecule has 0 bridgehead atoms. The van der Waals surface area contributed by atoms with Crippen molar-refractivity contribution in [3.63, 3.8) is 0 Å². The van der Waals surface area contributed by atoms with Crippen LogP contribution in [0.1, 0.15) is 12.0 Å². The van der Waals surface area contributed by atoms with Crippen molar-refractivity contribution >= 4 is 41.5 Å². The van der Waals surface area contributed by atoms with Crippen molar-refractivity contribution in [3.8, 4) is 0 Å². The fraction of sp³-hybridized carbons (Fsp3) is 0.556. The van der Waals surface area contributed by atoms with Gasteiger partial charge in [0.05, 0.1) is 13.1 Å². The Morgan fingerprint density at radius 2 is 2.04 bits per heavy atom. The van der Waals surface area contributed by atoms with Crippen LogP contribution in [0.5, 0.6) is 0 Å². The summed E-state index contributed by atoms with van der Waals surface area (Å²) in [5.74, 6) is 0.364. The number of nitrogens with zero attached hydrogens (tertiary/aromatic N) is 3. The number of halogens is 4. The van der Waals surface area contributed by atoms with E-state index in [0.29, 0.717) is 32.0 Å². The minimum Gasteiger partial charge on any atom is -0.352 e. The van der Waals surface area contributed by atoms with E-state index in [4.69, 9.17) is 0 Å². The van der Waals surface area contributed by atoms with E-state index >= 15 is 0 Å². The Morgan fingerprint density at radius 3 is 2.75 bits per heavy atom. The summed E-state index contributed by atoms with van der Waals surface area (Å²) in [6, 6.07) is 7.69. The molecule has 6 nitrogen and oxygen atoms in total. The number of fused-ring (bicyclic) bond motifs is 1. The van der Waals surface area contributed by atoms with Crippen LogP contribution in [-0.2, 0) is 11.2 Å². The van der Waals surface area contributed by atoms with Gasteiger partial charge in [-0.25, -0.2) is 0 Å². The summed E-state index contributed by atoms with van der Waals surface area (Å²) in [5, 5.41) is 6.08. The molecule has 1 atom stereocenters. The number of carbonyl (C=O) groups excluding carboxylic acids is 1. The molecule has 0 aliphatic carbocycles. The monoisotopic (exact) mass is 511 g/mol. The summed E-state index contributed by atoms with van der Waals surface area (Å²) in [7, 11) is 1.58. The number of hydrogen-bond donors (Lipinski definition) is 2. The highest BCUT2D eigenvalue weighted by Gasteiger charge is 2.34. The summed E-state index contributed by atoms with van der Waals surface area (Å²) in [5.41, 5.74) is 2.09. The SMILES string of the molecule is CN=C(NCC(=O)N1CCc2ccccc21)NC1CCN(CC(F)(F)F)C1.I. The van der Waals surface area contributed by atoms with Crippen molar-refractivity contribution in [2.45, 2.75) is 25.1 Å². The lowest BCUT2D eigenvalue weighted by atomic mass is 10.2. The molecule has 156 valence electrons. The topological polar surface area (TPSA) is 60.0 Å². The lowest BCUT2D eigenvalue weighted by Crippen LogP contribution is -2.48. The Labute approximate surface area is 179 Å². The van der Waals surface area contributed by atoms with E-state index in [2.05, 4.69) is 15.6 Å². The van der Waals surface area contributed by atoms with Gasteiger partial charge in [-0.2, -0.15) is 13.2 Å². The first kappa shape index (κ1) is 22.7. The summed E-state index contributed by atoms with van der Waals surface area (Å²) >= 11 is 0. The van der Waals surface area contributed by atoms with E-state index in [1.807, 2.05) is 24.3 Å². The van der Waals surface area contributed by atoms with Gasteiger partial charge in [0.15, 0.2) is 5.96 Å². The van der Waals surface area contributed by atoms with E-state index in [-0.39, 0.29) is 42.5 Å². The van der Waals surface area contributed by atoms with Gasteiger partial charge >= 0.3 is 6.18 Å². The number of amides is 1. The number of aliphatic imine (C=N–C) groups is 1. The number of hydrogen-bond acceptors (Lipinski definition) is 3. The third-order valence-electron chi connectivity index (χ3n) is 4.83. The molecule has 1 unspecified atom stereocenters. The number of likely N-dealkylation sites (tertiary alicyclic amines) is 1. The van der Waals surface area contributed by atoms with E-state index in [1.54, 1.807) is 11.9 Å². The second-order valence-electron chi connectivity index (χ2n) is 6.83. The second-order valence-corrected chi connectivity index (χ2v) is 6.83. The lowest BCUT2D eigenvalue weighted by molar-refractivity contribution is -0.143. The maximum atomic E-state index is 12.5. The molecule has 2 N–H and O–H groups in total. The number of benzene rings is 1. The van der Waals surface area contributed by atoms with Crippen molar-refractivity contribution in [1.82, 2.24) is 15.5 Å². The summed E-state index contributed by atoms with van der Waals surface area (Å²) in [4.78, 5) is 19.7. The van der Waals surface area contributed by atoms with Gasteiger partial charge in [0.1, 0.15) is 0 Å². The van der Waals surface area contributed by atoms with Gasteiger partial charge in [-0.05, 0) is 24.5 Å². The molecule has 0 saturated carbocycles.